The van der Waals surface area contributed by atoms with Crippen LogP contribution < -0.4 is 5.32 Å². The number of para-hydroxylation sites is 2. The first-order valence-electron chi connectivity index (χ1n) is 7.22. The number of fused-ring (bicyclic) bond motifs is 1. The number of rotatable bonds is 5. The molecule has 0 fully saturated rings. The van der Waals surface area contributed by atoms with Crippen LogP contribution in [0, 0.1) is 0 Å². The molecule has 24 heavy (non-hydrogen) atoms. The van der Waals surface area contributed by atoms with Gasteiger partial charge in [-0.2, -0.15) is 5.10 Å². The summed E-state index contributed by atoms with van der Waals surface area (Å²) in [5.74, 6) is -0.150. The molecule has 3 rings (SSSR count). The van der Waals surface area contributed by atoms with E-state index in [1.165, 1.54) is 0 Å². The molecule has 126 valence electrons. The average molecular weight is 347 g/mol. The van der Waals surface area contributed by atoms with Crippen molar-refractivity contribution in [1.29, 1.82) is 0 Å². The van der Waals surface area contributed by atoms with Crippen molar-refractivity contribution in [2.45, 2.75) is 12.3 Å². The van der Waals surface area contributed by atoms with Crippen LogP contribution in [0.1, 0.15) is 5.82 Å². The number of sulfone groups is 1. The maximum absolute atomic E-state index is 12.3. The van der Waals surface area contributed by atoms with Crippen LogP contribution in [-0.2, 0) is 34.0 Å². The summed E-state index contributed by atoms with van der Waals surface area (Å²) in [4.78, 5) is 16.7. The molecule has 0 aliphatic carbocycles. The fourth-order valence-electron chi connectivity index (χ4n) is 2.48. The van der Waals surface area contributed by atoms with Crippen molar-refractivity contribution in [1.82, 2.24) is 19.3 Å². The van der Waals surface area contributed by atoms with Crippen molar-refractivity contribution in [2.24, 2.45) is 7.05 Å². The number of benzene rings is 1. The van der Waals surface area contributed by atoms with E-state index in [4.69, 9.17) is 0 Å². The number of aromatic nitrogens is 4. The van der Waals surface area contributed by atoms with E-state index < -0.39 is 9.84 Å². The summed E-state index contributed by atoms with van der Waals surface area (Å²) in [6.45, 7) is -0.0275. The SMILES string of the molecule is Cn1cc(NC(=O)Cn2c(CS(C)(=O)=O)nc3ccccc32)cn1. The van der Waals surface area contributed by atoms with Crippen molar-refractivity contribution in [3.8, 4) is 0 Å². The van der Waals surface area contributed by atoms with Crippen LogP contribution in [0.5, 0.6) is 0 Å². The number of nitrogens with one attached hydrogen (secondary N) is 1. The third kappa shape index (κ3) is 3.62. The lowest BCUT2D eigenvalue weighted by atomic mass is 10.3. The van der Waals surface area contributed by atoms with Gasteiger partial charge in [0.15, 0.2) is 9.84 Å². The fourth-order valence-corrected chi connectivity index (χ4v) is 3.17. The number of aryl methyl sites for hydroxylation is 1. The van der Waals surface area contributed by atoms with Gasteiger partial charge in [-0.15, -0.1) is 0 Å². The smallest absolute Gasteiger partial charge is 0.244 e. The van der Waals surface area contributed by atoms with Crippen LogP contribution in [-0.4, -0.2) is 39.9 Å². The topological polar surface area (TPSA) is 98.9 Å². The Morgan fingerprint density at radius 3 is 2.71 bits per heavy atom. The Hall–Kier alpha value is -2.68. The van der Waals surface area contributed by atoms with Crippen LogP contribution in [0.15, 0.2) is 36.7 Å². The Morgan fingerprint density at radius 2 is 2.04 bits per heavy atom. The largest absolute Gasteiger partial charge is 0.322 e. The van der Waals surface area contributed by atoms with Gasteiger partial charge in [0.05, 0.1) is 22.9 Å². The minimum Gasteiger partial charge on any atom is -0.322 e. The van der Waals surface area contributed by atoms with E-state index in [1.807, 2.05) is 18.2 Å². The highest BCUT2D eigenvalue weighted by molar-refractivity contribution is 7.89. The number of imidazole rings is 1. The van der Waals surface area contributed by atoms with Gasteiger partial charge >= 0.3 is 0 Å². The molecule has 0 unspecified atom stereocenters. The second-order valence-electron chi connectivity index (χ2n) is 5.62. The van der Waals surface area contributed by atoms with E-state index >= 15 is 0 Å². The highest BCUT2D eigenvalue weighted by atomic mass is 32.2. The van der Waals surface area contributed by atoms with Crippen molar-refractivity contribution in [2.75, 3.05) is 11.6 Å². The molecule has 3 aromatic rings. The lowest BCUT2D eigenvalue weighted by Crippen LogP contribution is -2.21. The van der Waals surface area contributed by atoms with Gasteiger partial charge in [0, 0.05) is 19.5 Å². The monoisotopic (exact) mass is 347 g/mol. The third-order valence-electron chi connectivity index (χ3n) is 3.42. The Kier molecular flexibility index (Phi) is 4.10. The van der Waals surface area contributed by atoms with Gasteiger partial charge in [0.2, 0.25) is 5.91 Å². The quantitative estimate of drug-likeness (QED) is 0.741. The van der Waals surface area contributed by atoms with Crippen LogP contribution >= 0.6 is 0 Å². The molecule has 1 amide bonds. The fraction of sp³-hybridized carbons (Fsp3) is 0.267. The van der Waals surface area contributed by atoms with Crippen LogP contribution in [0.4, 0.5) is 5.69 Å². The van der Waals surface area contributed by atoms with Gasteiger partial charge in [0.1, 0.15) is 18.1 Å². The highest BCUT2D eigenvalue weighted by Crippen LogP contribution is 2.18. The molecule has 0 radical (unpaired) electrons. The van der Waals surface area contributed by atoms with Crippen molar-refractivity contribution in [3.63, 3.8) is 0 Å². The molecule has 0 saturated carbocycles. The number of hydrogen-bond donors (Lipinski definition) is 1. The molecule has 0 atom stereocenters. The van der Waals surface area contributed by atoms with E-state index in [0.717, 1.165) is 11.8 Å². The molecular weight excluding hydrogens is 330 g/mol. The van der Waals surface area contributed by atoms with E-state index in [0.29, 0.717) is 17.0 Å². The number of nitrogens with zero attached hydrogens (tertiary/aromatic N) is 4. The molecule has 8 nitrogen and oxygen atoms in total. The first kappa shape index (κ1) is 16.2. The first-order valence-corrected chi connectivity index (χ1v) is 9.28. The van der Waals surface area contributed by atoms with Gasteiger partial charge in [-0.1, -0.05) is 12.1 Å². The molecule has 0 spiro atoms. The summed E-state index contributed by atoms with van der Waals surface area (Å²) in [5, 5.41) is 6.72. The molecular formula is C15H17N5O3S. The maximum atomic E-state index is 12.3. The van der Waals surface area contributed by atoms with Gasteiger partial charge in [0.25, 0.3) is 0 Å². The summed E-state index contributed by atoms with van der Waals surface area (Å²) in [7, 11) is -1.51. The summed E-state index contributed by atoms with van der Waals surface area (Å²) >= 11 is 0. The number of carbonyl (C=O) groups excluding carboxylic acids is 1. The molecule has 2 aromatic heterocycles. The second-order valence-corrected chi connectivity index (χ2v) is 7.76. The first-order chi connectivity index (χ1) is 11.3. The molecule has 1 N–H and O–H groups in total. The molecule has 2 heterocycles. The van der Waals surface area contributed by atoms with Crippen molar-refractivity contribution < 1.29 is 13.2 Å². The Bertz CT molecular complexity index is 1000. The summed E-state index contributed by atoms with van der Waals surface area (Å²) in [6.07, 6.45) is 4.37. The van der Waals surface area contributed by atoms with Crippen molar-refractivity contribution in [3.05, 3.63) is 42.5 Å². The zero-order valence-electron chi connectivity index (χ0n) is 13.3. The van der Waals surface area contributed by atoms with Gasteiger partial charge in [-0.05, 0) is 12.1 Å². The number of carbonyl (C=O) groups is 1. The van der Waals surface area contributed by atoms with Crippen molar-refractivity contribution >= 4 is 32.5 Å². The zero-order chi connectivity index (χ0) is 17.3. The van der Waals surface area contributed by atoms with E-state index in [9.17, 15) is 13.2 Å². The predicted molar refractivity (Wildman–Crippen MR) is 90.1 cm³/mol. The van der Waals surface area contributed by atoms with Gasteiger partial charge in [-0.25, -0.2) is 13.4 Å². The third-order valence-corrected chi connectivity index (χ3v) is 4.20. The lowest BCUT2D eigenvalue weighted by molar-refractivity contribution is -0.116. The molecule has 1 aromatic carbocycles. The minimum atomic E-state index is -3.27. The Balaban J connectivity index is 1.91. The van der Waals surface area contributed by atoms with E-state index in [-0.39, 0.29) is 18.2 Å². The summed E-state index contributed by atoms with van der Waals surface area (Å²) in [6, 6.07) is 7.24. The minimum absolute atomic E-state index is 0.0275. The summed E-state index contributed by atoms with van der Waals surface area (Å²) < 4.78 is 26.5. The average Bonchev–Trinajstić information content (AvgIpc) is 3.02. The molecule has 0 aliphatic rings. The van der Waals surface area contributed by atoms with Crippen LogP contribution in [0.2, 0.25) is 0 Å². The van der Waals surface area contributed by atoms with Gasteiger partial charge < -0.3 is 9.88 Å². The van der Waals surface area contributed by atoms with Gasteiger partial charge in [-0.3, -0.25) is 9.48 Å². The Morgan fingerprint density at radius 1 is 1.29 bits per heavy atom. The van der Waals surface area contributed by atoms with Crippen LogP contribution in [0.3, 0.4) is 0 Å². The Labute approximate surface area is 139 Å². The maximum Gasteiger partial charge on any atom is 0.244 e. The molecule has 0 bridgehead atoms. The normalized spacial score (nSPS) is 11.8. The molecule has 0 saturated heterocycles. The summed E-state index contributed by atoms with van der Waals surface area (Å²) in [5.41, 5.74) is 1.96. The zero-order valence-corrected chi connectivity index (χ0v) is 14.1. The second kappa shape index (κ2) is 6.08. The standard InChI is InChI=1S/C15H17N5O3S/c1-19-8-11(7-16-19)17-15(21)9-20-13-6-4-3-5-12(13)18-14(20)10-24(2,22)23/h3-8H,9-10H2,1-2H3,(H,17,21). The number of hydrogen-bond acceptors (Lipinski definition) is 5. The molecule has 9 heteroatoms. The highest BCUT2D eigenvalue weighted by Gasteiger charge is 2.17. The van der Waals surface area contributed by atoms with Crippen LogP contribution in [0.25, 0.3) is 11.0 Å². The van der Waals surface area contributed by atoms with E-state index in [2.05, 4.69) is 15.4 Å². The lowest BCUT2D eigenvalue weighted by Gasteiger charge is -2.08. The predicted octanol–water partition coefficient (Wildman–Crippen LogP) is 0.953. The number of anilines is 1. The van der Waals surface area contributed by atoms with E-state index in [1.54, 1.807) is 34.8 Å². The molecule has 0 aliphatic heterocycles. The number of amides is 1.